The average molecular weight is 274 g/mol. The third kappa shape index (κ3) is 3.83. The molecule has 0 amide bonds. The Balaban J connectivity index is 2.13. The maximum Gasteiger partial charge on any atom is 0.130 e. The summed E-state index contributed by atoms with van der Waals surface area (Å²) in [5.41, 5.74) is 2.22. The first-order chi connectivity index (χ1) is 9.35. The molecule has 0 spiro atoms. The molecule has 0 radical (unpaired) electrons. The molecule has 0 aliphatic carbocycles. The first-order valence-corrected chi connectivity index (χ1v) is 7.10. The minimum absolute atomic E-state index is 0.0358. The highest BCUT2D eigenvalue weighted by Gasteiger charge is 2.19. The molecule has 19 heavy (non-hydrogen) atoms. The number of methoxy groups -OCH3 is 2. The van der Waals surface area contributed by atoms with Crippen LogP contribution in [0.5, 0.6) is 0 Å². The van der Waals surface area contributed by atoms with E-state index in [1.807, 2.05) is 36.4 Å². The van der Waals surface area contributed by atoms with Gasteiger partial charge in [0.05, 0.1) is 0 Å². The van der Waals surface area contributed by atoms with Crippen LogP contribution in [-0.2, 0) is 9.47 Å². The number of thioether (sulfide) groups is 1. The number of rotatable bonds is 6. The van der Waals surface area contributed by atoms with Crippen LogP contribution in [-0.4, -0.2) is 14.2 Å². The summed E-state index contributed by atoms with van der Waals surface area (Å²) in [6.45, 7) is 0. The van der Waals surface area contributed by atoms with Crippen molar-refractivity contribution in [2.75, 3.05) is 14.2 Å². The van der Waals surface area contributed by atoms with Gasteiger partial charge in [0.1, 0.15) is 10.9 Å². The van der Waals surface area contributed by atoms with Crippen LogP contribution in [0.4, 0.5) is 0 Å². The molecule has 2 aromatic rings. The summed E-state index contributed by atoms with van der Waals surface area (Å²) in [5.74, 6) is 0. The maximum absolute atomic E-state index is 5.57. The molecule has 0 bridgehead atoms. The number of ether oxygens (including phenoxy) is 2. The summed E-state index contributed by atoms with van der Waals surface area (Å²) >= 11 is 1.65. The van der Waals surface area contributed by atoms with Crippen molar-refractivity contribution in [3.63, 3.8) is 0 Å². The van der Waals surface area contributed by atoms with Crippen molar-refractivity contribution in [1.29, 1.82) is 0 Å². The second-order valence-corrected chi connectivity index (χ2v) is 5.22. The Labute approximate surface area is 118 Å². The molecule has 2 aromatic carbocycles. The Kier molecular flexibility index (Phi) is 5.45. The summed E-state index contributed by atoms with van der Waals surface area (Å²) in [6.07, 6.45) is 0. The van der Waals surface area contributed by atoms with E-state index in [2.05, 4.69) is 24.3 Å². The van der Waals surface area contributed by atoms with Gasteiger partial charge in [0, 0.05) is 14.2 Å². The van der Waals surface area contributed by atoms with Crippen LogP contribution in [0.3, 0.4) is 0 Å². The highest BCUT2D eigenvalue weighted by atomic mass is 32.2. The van der Waals surface area contributed by atoms with Gasteiger partial charge in [-0.05, 0) is 11.1 Å². The molecule has 0 aliphatic heterocycles. The van der Waals surface area contributed by atoms with Gasteiger partial charge in [0.25, 0.3) is 0 Å². The minimum Gasteiger partial charge on any atom is -0.366 e. The molecule has 2 rings (SSSR count). The largest absolute Gasteiger partial charge is 0.366 e. The second-order valence-electron chi connectivity index (χ2n) is 4.09. The highest BCUT2D eigenvalue weighted by molar-refractivity contribution is 7.99. The highest BCUT2D eigenvalue weighted by Crippen LogP contribution is 2.40. The Morgan fingerprint density at radius 1 is 0.684 bits per heavy atom. The summed E-state index contributed by atoms with van der Waals surface area (Å²) in [6, 6.07) is 20.4. The van der Waals surface area contributed by atoms with E-state index in [4.69, 9.17) is 9.47 Å². The first kappa shape index (κ1) is 14.1. The van der Waals surface area contributed by atoms with E-state index in [1.165, 1.54) is 0 Å². The van der Waals surface area contributed by atoms with Crippen LogP contribution >= 0.6 is 11.8 Å². The van der Waals surface area contributed by atoms with E-state index in [1.54, 1.807) is 26.0 Å². The fraction of sp³-hybridized carbons (Fsp3) is 0.250. The Morgan fingerprint density at radius 3 is 1.37 bits per heavy atom. The molecule has 0 N–H and O–H groups in total. The monoisotopic (exact) mass is 274 g/mol. The topological polar surface area (TPSA) is 18.5 Å². The third-order valence-electron chi connectivity index (χ3n) is 2.82. The van der Waals surface area contributed by atoms with E-state index in [-0.39, 0.29) is 10.9 Å². The van der Waals surface area contributed by atoms with Crippen molar-refractivity contribution in [2.45, 2.75) is 10.9 Å². The number of hydrogen-bond donors (Lipinski definition) is 0. The van der Waals surface area contributed by atoms with E-state index >= 15 is 0 Å². The van der Waals surface area contributed by atoms with Crippen LogP contribution in [0.2, 0.25) is 0 Å². The Hall–Kier alpha value is -1.29. The minimum atomic E-state index is -0.0358. The smallest absolute Gasteiger partial charge is 0.130 e. The normalized spacial score (nSPS) is 14.0. The van der Waals surface area contributed by atoms with Crippen LogP contribution < -0.4 is 0 Å². The predicted molar refractivity (Wildman–Crippen MR) is 80.0 cm³/mol. The van der Waals surface area contributed by atoms with Crippen molar-refractivity contribution in [3.8, 4) is 0 Å². The summed E-state index contributed by atoms with van der Waals surface area (Å²) in [4.78, 5) is 0. The average Bonchev–Trinajstić information content (AvgIpc) is 2.50. The molecule has 100 valence electrons. The van der Waals surface area contributed by atoms with Crippen LogP contribution in [0.25, 0.3) is 0 Å². The molecule has 0 aromatic heterocycles. The molecule has 3 heteroatoms. The summed E-state index contributed by atoms with van der Waals surface area (Å²) < 4.78 is 11.1. The molecule has 0 fully saturated rings. The van der Waals surface area contributed by atoms with Crippen LogP contribution in [0.15, 0.2) is 60.7 Å². The quantitative estimate of drug-likeness (QED) is 0.727. The van der Waals surface area contributed by atoms with Crippen LogP contribution in [0.1, 0.15) is 22.0 Å². The van der Waals surface area contributed by atoms with Gasteiger partial charge in [-0.3, -0.25) is 0 Å². The van der Waals surface area contributed by atoms with Gasteiger partial charge >= 0.3 is 0 Å². The van der Waals surface area contributed by atoms with Crippen molar-refractivity contribution in [3.05, 3.63) is 71.8 Å². The van der Waals surface area contributed by atoms with Gasteiger partial charge < -0.3 is 9.47 Å². The van der Waals surface area contributed by atoms with Crippen molar-refractivity contribution in [2.24, 2.45) is 0 Å². The lowest BCUT2D eigenvalue weighted by molar-refractivity contribution is 0.151. The third-order valence-corrected chi connectivity index (χ3v) is 4.24. The number of hydrogen-bond acceptors (Lipinski definition) is 3. The molecule has 0 heterocycles. The maximum atomic E-state index is 5.57. The molecule has 1 unspecified atom stereocenters. The Bertz CT molecular complexity index is 427. The van der Waals surface area contributed by atoms with Crippen molar-refractivity contribution < 1.29 is 9.47 Å². The van der Waals surface area contributed by atoms with Gasteiger partial charge in [-0.25, -0.2) is 0 Å². The second kappa shape index (κ2) is 7.34. The van der Waals surface area contributed by atoms with Gasteiger partial charge in [0.15, 0.2) is 0 Å². The lowest BCUT2D eigenvalue weighted by Gasteiger charge is -2.22. The lowest BCUT2D eigenvalue weighted by Crippen LogP contribution is -2.03. The van der Waals surface area contributed by atoms with Crippen molar-refractivity contribution in [1.82, 2.24) is 0 Å². The van der Waals surface area contributed by atoms with Crippen molar-refractivity contribution >= 4 is 11.8 Å². The predicted octanol–water partition coefficient (Wildman–Crippen LogP) is 4.41. The van der Waals surface area contributed by atoms with Gasteiger partial charge in [-0.15, -0.1) is 0 Å². The lowest BCUT2D eigenvalue weighted by atomic mass is 10.2. The molecular weight excluding hydrogens is 256 g/mol. The van der Waals surface area contributed by atoms with Gasteiger partial charge in [0.2, 0.25) is 0 Å². The zero-order chi connectivity index (χ0) is 13.5. The van der Waals surface area contributed by atoms with E-state index in [0.717, 1.165) is 11.1 Å². The standard InChI is InChI=1S/C16H18O2S/c1-17-15(13-9-5-3-6-10-13)19-16(18-2)14-11-7-4-8-12-14/h3-12,15-16H,1-2H3/t15-,16?/m0/s1. The van der Waals surface area contributed by atoms with Gasteiger partial charge in [-0.1, -0.05) is 72.4 Å². The fourth-order valence-corrected chi connectivity index (χ4v) is 2.95. The Morgan fingerprint density at radius 2 is 1.05 bits per heavy atom. The van der Waals surface area contributed by atoms with E-state index in [0.29, 0.717) is 0 Å². The molecule has 2 atom stereocenters. The molecule has 2 nitrogen and oxygen atoms in total. The van der Waals surface area contributed by atoms with E-state index < -0.39 is 0 Å². The molecular formula is C16H18O2S. The zero-order valence-electron chi connectivity index (χ0n) is 11.2. The molecule has 0 saturated heterocycles. The summed E-state index contributed by atoms with van der Waals surface area (Å²) in [7, 11) is 3.45. The number of benzene rings is 2. The first-order valence-electron chi connectivity index (χ1n) is 6.16. The summed E-state index contributed by atoms with van der Waals surface area (Å²) in [5, 5.41) is 0. The molecule has 0 saturated carbocycles. The van der Waals surface area contributed by atoms with E-state index in [9.17, 15) is 0 Å². The van der Waals surface area contributed by atoms with Gasteiger partial charge in [-0.2, -0.15) is 0 Å². The zero-order valence-corrected chi connectivity index (χ0v) is 12.0. The molecule has 0 aliphatic rings. The SMILES string of the molecule is COC(S[C@H](OC)c1ccccc1)c1ccccc1. The fourth-order valence-electron chi connectivity index (χ4n) is 1.87. The van der Waals surface area contributed by atoms with Crippen LogP contribution in [0, 0.1) is 0 Å².